The van der Waals surface area contributed by atoms with Gasteiger partial charge in [0.05, 0.1) is 0 Å². The Kier molecular flexibility index (Phi) is 4.83. The summed E-state index contributed by atoms with van der Waals surface area (Å²) in [6.07, 6.45) is 0.428. The molecular formula is C24H25BrN4O3. The maximum Gasteiger partial charge on any atom is 0.328 e. The van der Waals surface area contributed by atoms with Crippen LogP contribution in [0.5, 0.6) is 5.75 Å². The number of carbonyl (C=O) groups excluding carboxylic acids is 2. The molecule has 3 aromatic rings. The predicted molar refractivity (Wildman–Crippen MR) is 126 cm³/mol. The van der Waals surface area contributed by atoms with E-state index in [1.165, 1.54) is 4.90 Å². The number of urea groups is 1. The lowest BCUT2D eigenvalue weighted by Gasteiger charge is -2.42. The molecule has 166 valence electrons. The number of carbonyl (C=O) groups is 2. The third-order valence-corrected chi connectivity index (χ3v) is 7.08. The van der Waals surface area contributed by atoms with E-state index in [1.807, 2.05) is 50.2 Å². The van der Waals surface area contributed by atoms with Gasteiger partial charge in [-0.15, -0.1) is 0 Å². The molecule has 1 saturated heterocycles. The zero-order valence-corrected chi connectivity index (χ0v) is 19.8. The number of nitrogens with one attached hydrogen (secondary N) is 1. The van der Waals surface area contributed by atoms with Gasteiger partial charge in [0.2, 0.25) is 0 Å². The van der Waals surface area contributed by atoms with E-state index in [0.29, 0.717) is 19.5 Å². The molecule has 1 aromatic heterocycles. The van der Waals surface area contributed by atoms with Gasteiger partial charge in [0.15, 0.2) is 0 Å². The first-order chi connectivity index (χ1) is 15.2. The maximum absolute atomic E-state index is 13.6. The molecule has 0 aliphatic carbocycles. The van der Waals surface area contributed by atoms with Crippen LogP contribution in [0.1, 0.15) is 29.8 Å². The van der Waals surface area contributed by atoms with Gasteiger partial charge in [0, 0.05) is 40.6 Å². The number of benzene rings is 2. The number of rotatable bonds is 4. The number of halogens is 1. The molecule has 7 nitrogen and oxygen atoms in total. The summed E-state index contributed by atoms with van der Waals surface area (Å²) in [4.78, 5) is 35.8. The van der Waals surface area contributed by atoms with Gasteiger partial charge in [0.25, 0.3) is 5.91 Å². The summed E-state index contributed by atoms with van der Waals surface area (Å²) >= 11 is 3.56. The van der Waals surface area contributed by atoms with E-state index in [-0.39, 0.29) is 17.7 Å². The molecule has 2 aromatic carbocycles. The highest BCUT2D eigenvalue weighted by atomic mass is 79.9. The van der Waals surface area contributed by atoms with E-state index in [1.54, 1.807) is 23.1 Å². The van der Waals surface area contributed by atoms with Crippen molar-refractivity contribution >= 4 is 38.8 Å². The van der Waals surface area contributed by atoms with E-state index in [2.05, 4.69) is 20.9 Å². The van der Waals surface area contributed by atoms with Gasteiger partial charge in [-0.2, -0.15) is 0 Å². The largest absolute Gasteiger partial charge is 0.508 e. The van der Waals surface area contributed by atoms with Gasteiger partial charge < -0.3 is 15.0 Å². The molecule has 0 saturated carbocycles. The SMILES string of the molecule is CN(C)CCN1C(=O)N2[C@H](c3cccc(O)c3)c3[nH]c4ccc(Br)cc4c3C[C@@]2(C)C1=O. The number of aromatic amines is 1. The molecule has 0 bridgehead atoms. The highest BCUT2D eigenvalue weighted by Gasteiger charge is 2.60. The number of likely N-dealkylation sites (N-methyl/N-ethyl adjacent to an activating group) is 1. The summed E-state index contributed by atoms with van der Waals surface area (Å²) in [5.41, 5.74) is 2.63. The Hall–Kier alpha value is -2.84. The molecule has 1 fully saturated rings. The molecule has 2 atom stereocenters. The van der Waals surface area contributed by atoms with Crippen molar-refractivity contribution in [2.75, 3.05) is 27.2 Å². The van der Waals surface area contributed by atoms with Crippen molar-refractivity contribution < 1.29 is 14.7 Å². The van der Waals surface area contributed by atoms with Crippen LogP contribution in [0.2, 0.25) is 0 Å². The average molecular weight is 497 g/mol. The van der Waals surface area contributed by atoms with Crippen LogP contribution >= 0.6 is 15.9 Å². The van der Waals surface area contributed by atoms with Crippen LogP contribution in [-0.2, 0) is 11.2 Å². The predicted octanol–water partition coefficient (Wildman–Crippen LogP) is 3.87. The smallest absolute Gasteiger partial charge is 0.328 e. The number of aromatic nitrogens is 1. The number of hydrogen-bond donors (Lipinski definition) is 2. The zero-order valence-electron chi connectivity index (χ0n) is 18.2. The summed E-state index contributed by atoms with van der Waals surface area (Å²) in [5, 5.41) is 11.2. The standard InChI is InChI=1S/C24H25BrN4O3/c1-24-13-18-17-12-15(25)7-8-19(17)26-20(18)21(14-5-4-6-16(30)11-14)29(24)23(32)28(22(24)31)10-9-27(2)3/h4-8,11-12,21,26,30H,9-10,13H2,1-3H3/t21-,24+/m1/s1. The zero-order chi connectivity index (χ0) is 22.8. The summed E-state index contributed by atoms with van der Waals surface area (Å²) in [7, 11) is 3.84. The number of fused-ring (bicyclic) bond motifs is 4. The highest BCUT2D eigenvalue weighted by molar-refractivity contribution is 9.10. The molecule has 0 spiro atoms. The Bertz CT molecular complexity index is 1250. The fourth-order valence-corrected chi connectivity index (χ4v) is 5.38. The molecule has 0 radical (unpaired) electrons. The van der Waals surface area contributed by atoms with Gasteiger partial charge in [-0.1, -0.05) is 28.1 Å². The van der Waals surface area contributed by atoms with Crippen LogP contribution in [0.15, 0.2) is 46.9 Å². The van der Waals surface area contributed by atoms with Crippen molar-refractivity contribution in [3.8, 4) is 5.75 Å². The van der Waals surface area contributed by atoms with Crippen molar-refractivity contribution in [2.45, 2.75) is 24.9 Å². The Labute approximate surface area is 194 Å². The monoisotopic (exact) mass is 496 g/mol. The molecule has 8 heteroatoms. The average Bonchev–Trinajstić information content (AvgIpc) is 3.17. The number of aromatic hydroxyl groups is 1. The number of H-pyrrole nitrogens is 1. The molecule has 32 heavy (non-hydrogen) atoms. The molecule has 5 rings (SSSR count). The minimum Gasteiger partial charge on any atom is -0.508 e. The van der Waals surface area contributed by atoms with E-state index >= 15 is 0 Å². The number of hydrogen-bond acceptors (Lipinski definition) is 4. The van der Waals surface area contributed by atoms with Crippen molar-refractivity contribution in [2.24, 2.45) is 0 Å². The van der Waals surface area contributed by atoms with Crippen LogP contribution in [-0.4, -0.2) is 69.5 Å². The Morgan fingerprint density at radius 1 is 1.22 bits per heavy atom. The summed E-state index contributed by atoms with van der Waals surface area (Å²) < 4.78 is 0.953. The fraction of sp³-hybridized carbons (Fsp3) is 0.333. The summed E-state index contributed by atoms with van der Waals surface area (Å²) in [6, 6.07) is 12.1. The number of phenols is 1. The van der Waals surface area contributed by atoms with E-state index in [0.717, 1.165) is 32.2 Å². The number of imide groups is 1. The second-order valence-electron chi connectivity index (χ2n) is 9.07. The van der Waals surface area contributed by atoms with Gasteiger partial charge >= 0.3 is 6.03 Å². The molecule has 3 heterocycles. The Morgan fingerprint density at radius 2 is 2.00 bits per heavy atom. The third-order valence-electron chi connectivity index (χ3n) is 6.59. The Balaban J connectivity index is 1.72. The number of amides is 3. The second-order valence-corrected chi connectivity index (χ2v) is 9.98. The summed E-state index contributed by atoms with van der Waals surface area (Å²) in [6.45, 7) is 2.79. The van der Waals surface area contributed by atoms with Crippen LogP contribution in [0.3, 0.4) is 0 Å². The first-order valence-electron chi connectivity index (χ1n) is 10.6. The molecule has 2 aliphatic heterocycles. The van der Waals surface area contributed by atoms with Gasteiger partial charge in [-0.3, -0.25) is 14.6 Å². The topological polar surface area (TPSA) is 79.9 Å². The first kappa shape index (κ1) is 21.0. The third kappa shape index (κ3) is 3.04. The van der Waals surface area contributed by atoms with Crippen molar-refractivity contribution in [3.63, 3.8) is 0 Å². The van der Waals surface area contributed by atoms with E-state index < -0.39 is 11.6 Å². The fourth-order valence-electron chi connectivity index (χ4n) is 5.02. The summed E-state index contributed by atoms with van der Waals surface area (Å²) in [5.74, 6) is -0.0536. The van der Waals surface area contributed by atoms with Crippen LogP contribution in [0.25, 0.3) is 10.9 Å². The molecule has 0 unspecified atom stereocenters. The Morgan fingerprint density at radius 3 is 2.72 bits per heavy atom. The van der Waals surface area contributed by atoms with Crippen molar-refractivity contribution in [1.29, 1.82) is 0 Å². The number of nitrogens with zero attached hydrogens (tertiary/aromatic N) is 3. The van der Waals surface area contributed by atoms with Gasteiger partial charge in [-0.25, -0.2) is 4.79 Å². The first-order valence-corrected chi connectivity index (χ1v) is 11.4. The molecule has 3 amide bonds. The van der Waals surface area contributed by atoms with Crippen LogP contribution < -0.4 is 0 Å². The highest BCUT2D eigenvalue weighted by Crippen LogP contribution is 2.49. The quantitative estimate of drug-likeness (QED) is 0.537. The van der Waals surface area contributed by atoms with E-state index in [4.69, 9.17) is 0 Å². The lowest BCUT2D eigenvalue weighted by molar-refractivity contribution is -0.133. The van der Waals surface area contributed by atoms with Gasteiger partial charge in [0.1, 0.15) is 17.3 Å². The molecule has 2 aliphatic rings. The second kappa shape index (κ2) is 7.35. The van der Waals surface area contributed by atoms with Crippen molar-refractivity contribution in [3.05, 3.63) is 63.8 Å². The number of phenolic OH excluding ortho intramolecular Hbond substituents is 1. The minimum absolute atomic E-state index is 0.123. The van der Waals surface area contributed by atoms with Crippen LogP contribution in [0, 0.1) is 0 Å². The lowest BCUT2D eigenvalue weighted by atomic mass is 9.81. The van der Waals surface area contributed by atoms with Crippen LogP contribution in [0.4, 0.5) is 4.79 Å². The lowest BCUT2D eigenvalue weighted by Crippen LogP contribution is -2.53. The molecule has 2 N–H and O–H groups in total. The maximum atomic E-state index is 13.6. The van der Waals surface area contributed by atoms with Crippen molar-refractivity contribution in [1.82, 2.24) is 19.7 Å². The van der Waals surface area contributed by atoms with E-state index in [9.17, 15) is 14.7 Å². The van der Waals surface area contributed by atoms with Gasteiger partial charge in [-0.05, 0) is 62.5 Å². The minimum atomic E-state index is -1.01. The molecular weight excluding hydrogens is 472 g/mol. The normalized spacial score (nSPS) is 22.7.